The molecule has 3 N–H and O–H groups in total. The first-order chi connectivity index (χ1) is 8.40. The highest BCUT2D eigenvalue weighted by Crippen LogP contribution is 2.29. The summed E-state index contributed by atoms with van der Waals surface area (Å²) in [6.45, 7) is -0.0874. The number of benzene rings is 1. The molecule has 0 heterocycles. The topological polar surface area (TPSA) is 90.1 Å². The first-order valence-corrected chi connectivity index (χ1v) is 5.73. The van der Waals surface area contributed by atoms with Gasteiger partial charge in [-0.3, -0.25) is 9.79 Å². The molecule has 98 valence electrons. The zero-order chi connectivity index (χ0) is 13.7. The molecule has 1 aromatic rings. The molecule has 1 aromatic carbocycles. The molecule has 0 aliphatic heterocycles. The average molecular weight is 292 g/mol. The summed E-state index contributed by atoms with van der Waals surface area (Å²) in [6.07, 6.45) is -0.187. The van der Waals surface area contributed by atoms with E-state index in [0.717, 1.165) is 0 Å². The first-order valence-electron chi connectivity index (χ1n) is 4.98. The third-order valence-electron chi connectivity index (χ3n) is 2.01. The van der Waals surface area contributed by atoms with Gasteiger partial charge in [0, 0.05) is 16.8 Å². The molecule has 0 amide bonds. The van der Waals surface area contributed by atoms with E-state index in [-0.39, 0.29) is 23.7 Å². The van der Waals surface area contributed by atoms with Gasteiger partial charge in [-0.2, -0.15) is 0 Å². The number of aliphatic hydroxyl groups excluding tert-OH is 1. The van der Waals surface area contributed by atoms with Gasteiger partial charge < -0.3 is 15.3 Å². The maximum Gasteiger partial charge on any atom is 0.306 e. The Labute approximate surface area is 113 Å². The van der Waals surface area contributed by atoms with E-state index < -0.39 is 12.1 Å². The average Bonchev–Trinajstić information content (AvgIpc) is 2.23. The second-order valence-electron chi connectivity index (χ2n) is 3.57. The molecule has 0 fully saturated rings. The van der Waals surface area contributed by atoms with E-state index in [9.17, 15) is 15.0 Å². The van der Waals surface area contributed by atoms with Crippen molar-refractivity contribution < 1.29 is 20.1 Å². The number of hydrogen-bond donors (Lipinski definition) is 3. The molecule has 7 heteroatoms. The predicted octanol–water partition coefficient (Wildman–Crippen LogP) is 1.95. The van der Waals surface area contributed by atoms with Crippen LogP contribution in [0.1, 0.15) is 12.0 Å². The van der Waals surface area contributed by atoms with E-state index in [4.69, 9.17) is 28.3 Å². The van der Waals surface area contributed by atoms with Crippen LogP contribution in [0.5, 0.6) is 5.75 Å². The molecule has 0 aliphatic rings. The summed E-state index contributed by atoms with van der Waals surface area (Å²) in [7, 11) is 0. The summed E-state index contributed by atoms with van der Waals surface area (Å²) in [6, 6.07) is 2.84. The van der Waals surface area contributed by atoms with Crippen LogP contribution in [0.2, 0.25) is 10.0 Å². The molecule has 0 saturated carbocycles. The zero-order valence-corrected chi connectivity index (χ0v) is 10.7. The Kier molecular flexibility index (Phi) is 5.40. The van der Waals surface area contributed by atoms with Crippen molar-refractivity contribution in [3.63, 3.8) is 0 Å². The maximum atomic E-state index is 10.3. The third kappa shape index (κ3) is 4.52. The standard InChI is InChI=1S/C11H11Cl2NO4/c12-7-1-6(11(18)9(13)2-7)4-14-5-8(15)3-10(16)17/h1-2,4,8,15,18H,3,5H2,(H,16,17). The van der Waals surface area contributed by atoms with Gasteiger partial charge in [0.05, 0.1) is 24.1 Å². The van der Waals surface area contributed by atoms with Crippen LogP contribution in [0.4, 0.5) is 0 Å². The number of phenolic OH excluding ortho intramolecular Hbond substituents is 1. The lowest BCUT2D eigenvalue weighted by Crippen LogP contribution is -2.16. The molecule has 0 spiro atoms. The Morgan fingerprint density at radius 1 is 1.44 bits per heavy atom. The van der Waals surface area contributed by atoms with E-state index in [0.29, 0.717) is 10.6 Å². The number of carboxylic acid groups (broad SMARTS) is 1. The molecule has 1 unspecified atom stereocenters. The van der Waals surface area contributed by atoms with Crippen LogP contribution < -0.4 is 0 Å². The number of phenols is 1. The van der Waals surface area contributed by atoms with Gasteiger partial charge in [-0.1, -0.05) is 23.2 Å². The summed E-state index contributed by atoms with van der Waals surface area (Å²) < 4.78 is 0. The molecular weight excluding hydrogens is 281 g/mol. The normalized spacial score (nSPS) is 12.8. The van der Waals surface area contributed by atoms with Crippen LogP contribution in [0.3, 0.4) is 0 Å². The van der Waals surface area contributed by atoms with Crippen molar-refractivity contribution in [2.24, 2.45) is 4.99 Å². The third-order valence-corrected chi connectivity index (χ3v) is 2.52. The minimum absolute atomic E-state index is 0.0874. The molecule has 18 heavy (non-hydrogen) atoms. The predicted molar refractivity (Wildman–Crippen MR) is 68.8 cm³/mol. The number of nitrogens with zero attached hydrogens (tertiary/aromatic N) is 1. The Morgan fingerprint density at radius 3 is 2.72 bits per heavy atom. The number of aromatic hydroxyl groups is 1. The molecule has 0 aliphatic carbocycles. The highest BCUT2D eigenvalue weighted by molar-refractivity contribution is 6.36. The lowest BCUT2D eigenvalue weighted by molar-refractivity contribution is -0.139. The Morgan fingerprint density at radius 2 is 2.11 bits per heavy atom. The summed E-state index contributed by atoms with van der Waals surface area (Å²) in [5.74, 6) is -1.27. The van der Waals surface area contributed by atoms with E-state index in [2.05, 4.69) is 4.99 Å². The van der Waals surface area contributed by atoms with Gasteiger partial charge in [0.1, 0.15) is 5.75 Å². The van der Waals surface area contributed by atoms with Crippen LogP contribution in [0.15, 0.2) is 17.1 Å². The van der Waals surface area contributed by atoms with Crippen molar-refractivity contribution in [2.45, 2.75) is 12.5 Å². The number of aliphatic carboxylic acids is 1. The fraction of sp³-hybridized carbons (Fsp3) is 0.273. The number of halogens is 2. The molecule has 0 aromatic heterocycles. The Balaban J connectivity index is 2.70. The molecular formula is C11H11Cl2NO4. The molecule has 1 atom stereocenters. The summed E-state index contributed by atoms with van der Waals surface area (Å²) in [4.78, 5) is 14.1. The van der Waals surface area contributed by atoms with Crippen molar-refractivity contribution in [2.75, 3.05) is 6.54 Å². The van der Waals surface area contributed by atoms with Crippen LogP contribution in [-0.2, 0) is 4.79 Å². The summed E-state index contributed by atoms with van der Waals surface area (Å²) in [5.41, 5.74) is 0.301. The minimum Gasteiger partial charge on any atom is -0.506 e. The van der Waals surface area contributed by atoms with Crippen molar-refractivity contribution in [1.29, 1.82) is 0 Å². The fourth-order valence-corrected chi connectivity index (χ4v) is 1.73. The molecule has 5 nitrogen and oxygen atoms in total. The van der Waals surface area contributed by atoms with Gasteiger partial charge in [0.2, 0.25) is 0 Å². The fourth-order valence-electron chi connectivity index (χ4n) is 1.22. The van der Waals surface area contributed by atoms with Crippen LogP contribution in [0, 0.1) is 0 Å². The number of carboxylic acids is 1. The van der Waals surface area contributed by atoms with Crippen LogP contribution in [-0.4, -0.2) is 40.2 Å². The van der Waals surface area contributed by atoms with Gasteiger partial charge in [0.15, 0.2) is 0 Å². The van der Waals surface area contributed by atoms with E-state index in [1.807, 2.05) is 0 Å². The van der Waals surface area contributed by atoms with Gasteiger partial charge in [-0.05, 0) is 12.1 Å². The first kappa shape index (κ1) is 14.8. The van der Waals surface area contributed by atoms with E-state index in [1.54, 1.807) is 0 Å². The minimum atomic E-state index is -1.11. The van der Waals surface area contributed by atoms with Gasteiger partial charge in [0.25, 0.3) is 0 Å². The van der Waals surface area contributed by atoms with Gasteiger partial charge in [-0.15, -0.1) is 0 Å². The van der Waals surface area contributed by atoms with E-state index >= 15 is 0 Å². The maximum absolute atomic E-state index is 10.3. The van der Waals surface area contributed by atoms with Crippen LogP contribution >= 0.6 is 23.2 Å². The second-order valence-corrected chi connectivity index (χ2v) is 4.42. The lowest BCUT2D eigenvalue weighted by atomic mass is 10.2. The second kappa shape index (κ2) is 6.58. The Hall–Kier alpha value is -1.30. The van der Waals surface area contributed by atoms with Crippen molar-refractivity contribution in [1.82, 2.24) is 0 Å². The largest absolute Gasteiger partial charge is 0.506 e. The number of aliphatic imine (C=N–C) groups is 1. The quantitative estimate of drug-likeness (QED) is 0.723. The number of hydrogen-bond acceptors (Lipinski definition) is 4. The monoisotopic (exact) mass is 291 g/mol. The molecule has 0 bridgehead atoms. The lowest BCUT2D eigenvalue weighted by Gasteiger charge is -2.04. The van der Waals surface area contributed by atoms with E-state index in [1.165, 1.54) is 18.3 Å². The highest BCUT2D eigenvalue weighted by atomic mass is 35.5. The van der Waals surface area contributed by atoms with Crippen molar-refractivity contribution in [3.8, 4) is 5.75 Å². The number of carbonyl (C=O) groups is 1. The van der Waals surface area contributed by atoms with Gasteiger partial charge in [-0.25, -0.2) is 0 Å². The zero-order valence-electron chi connectivity index (χ0n) is 9.18. The van der Waals surface area contributed by atoms with Crippen molar-refractivity contribution in [3.05, 3.63) is 27.7 Å². The smallest absolute Gasteiger partial charge is 0.306 e. The summed E-state index contributed by atoms with van der Waals surface area (Å²) in [5, 5.41) is 27.7. The number of aliphatic hydroxyl groups is 1. The number of rotatable bonds is 5. The van der Waals surface area contributed by atoms with Gasteiger partial charge >= 0.3 is 5.97 Å². The van der Waals surface area contributed by atoms with Crippen molar-refractivity contribution >= 4 is 35.4 Å². The Bertz CT molecular complexity index is 476. The molecule has 1 rings (SSSR count). The van der Waals surface area contributed by atoms with Crippen LogP contribution in [0.25, 0.3) is 0 Å². The SMILES string of the molecule is O=C(O)CC(O)CN=Cc1cc(Cl)cc(Cl)c1O. The molecule has 0 radical (unpaired) electrons. The molecule has 0 saturated heterocycles. The highest BCUT2D eigenvalue weighted by Gasteiger charge is 2.09. The summed E-state index contributed by atoms with van der Waals surface area (Å²) >= 11 is 11.5.